The van der Waals surface area contributed by atoms with Crippen molar-refractivity contribution in [3.8, 4) is 17.2 Å². The van der Waals surface area contributed by atoms with E-state index >= 15 is 0 Å². The van der Waals surface area contributed by atoms with E-state index in [0.29, 0.717) is 47.8 Å². The number of carbonyl (C=O) groups is 1. The molecular weight excluding hydrogens is 427 g/mol. The first kappa shape index (κ1) is 21.4. The van der Waals surface area contributed by atoms with Gasteiger partial charge in [0.25, 0.3) is 0 Å². The van der Waals surface area contributed by atoms with Gasteiger partial charge in [-0.3, -0.25) is 9.36 Å². The lowest BCUT2D eigenvalue weighted by molar-refractivity contribution is -0.123. The largest absolute Gasteiger partial charge is 0.419 e. The molecule has 2 N–H and O–H groups in total. The van der Waals surface area contributed by atoms with Crippen molar-refractivity contribution in [1.82, 2.24) is 15.2 Å². The number of hydrogen-bond donors (Lipinski definition) is 2. The van der Waals surface area contributed by atoms with Gasteiger partial charge >= 0.3 is 5.76 Å². The number of fused-ring (bicyclic) bond motifs is 2. The van der Waals surface area contributed by atoms with E-state index in [4.69, 9.17) is 9.15 Å². The van der Waals surface area contributed by atoms with E-state index in [1.54, 1.807) is 37.4 Å². The molecule has 2 aromatic carbocycles. The zero-order valence-electron chi connectivity index (χ0n) is 18.0. The molecule has 5 rings (SSSR count). The Hall–Kier alpha value is -3.48. The molecule has 2 fully saturated rings. The van der Waals surface area contributed by atoms with Gasteiger partial charge in [-0.05, 0) is 41.3 Å². The summed E-state index contributed by atoms with van der Waals surface area (Å²) in [6.45, 7) is 1.24. The molecule has 1 aromatic heterocycles. The maximum Gasteiger partial charge on any atom is 0.419 e. The Labute approximate surface area is 188 Å². The van der Waals surface area contributed by atoms with E-state index in [2.05, 4.69) is 16.7 Å². The molecule has 2 saturated heterocycles. The summed E-state index contributed by atoms with van der Waals surface area (Å²) in [4.78, 5) is 24.3. The lowest BCUT2D eigenvalue weighted by Crippen LogP contribution is -2.47. The SMILES string of the molecule is Cn1c(=O)oc2ccc(-c3ccc(C[C@@H](C#N)NC(=O)[C@@H]4C[C@@H]5COC[C@@H]5N4)c(F)c3)cc21. The molecular formula is C24H23FN4O4. The summed E-state index contributed by atoms with van der Waals surface area (Å²) in [5.74, 6) is -0.853. The van der Waals surface area contributed by atoms with Crippen LogP contribution in [0.1, 0.15) is 12.0 Å². The van der Waals surface area contributed by atoms with Gasteiger partial charge in [0.05, 0.1) is 30.8 Å². The molecule has 170 valence electrons. The summed E-state index contributed by atoms with van der Waals surface area (Å²) in [5.41, 5.74) is 2.78. The summed E-state index contributed by atoms with van der Waals surface area (Å²) >= 11 is 0. The minimum atomic E-state index is -0.840. The van der Waals surface area contributed by atoms with Gasteiger partial charge in [-0.25, -0.2) is 9.18 Å². The zero-order valence-corrected chi connectivity index (χ0v) is 18.0. The molecule has 33 heavy (non-hydrogen) atoms. The van der Waals surface area contributed by atoms with Gasteiger partial charge in [0.2, 0.25) is 5.91 Å². The highest BCUT2D eigenvalue weighted by Gasteiger charge is 2.41. The molecule has 8 nitrogen and oxygen atoms in total. The van der Waals surface area contributed by atoms with Crippen LogP contribution in [-0.2, 0) is 23.0 Å². The van der Waals surface area contributed by atoms with E-state index in [-0.39, 0.29) is 24.4 Å². The number of nitriles is 1. The molecule has 1 amide bonds. The van der Waals surface area contributed by atoms with Gasteiger partial charge in [0, 0.05) is 25.4 Å². The Kier molecular flexibility index (Phi) is 5.48. The molecule has 2 aliphatic rings. The summed E-state index contributed by atoms with van der Waals surface area (Å²) in [5, 5.41) is 15.5. The number of rotatable bonds is 5. The number of nitrogens with zero attached hydrogens (tertiary/aromatic N) is 2. The zero-order chi connectivity index (χ0) is 23.1. The van der Waals surface area contributed by atoms with Gasteiger partial charge in [-0.2, -0.15) is 5.26 Å². The molecule has 0 spiro atoms. The number of aromatic nitrogens is 1. The lowest BCUT2D eigenvalue weighted by atomic mass is 9.99. The predicted octanol–water partition coefficient (Wildman–Crippen LogP) is 1.87. The van der Waals surface area contributed by atoms with E-state index in [1.807, 2.05) is 0 Å². The first-order valence-corrected chi connectivity index (χ1v) is 10.8. The second-order valence-corrected chi connectivity index (χ2v) is 8.67. The number of aryl methyl sites for hydroxylation is 1. The third-order valence-electron chi connectivity index (χ3n) is 6.54. The van der Waals surface area contributed by atoms with Gasteiger partial charge in [0.1, 0.15) is 11.9 Å². The molecule has 9 heteroatoms. The van der Waals surface area contributed by atoms with Crippen LogP contribution >= 0.6 is 0 Å². The molecule has 3 heterocycles. The number of halogens is 1. The van der Waals surface area contributed by atoms with Crippen molar-refractivity contribution in [3.05, 3.63) is 58.3 Å². The average molecular weight is 450 g/mol. The van der Waals surface area contributed by atoms with E-state index in [9.17, 15) is 19.2 Å². The quantitative estimate of drug-likeness (QED) is 0.614. The average Bonchev–Trinajstić information content (AvgIpc) is 3.48. The number of ether oxygens (including phenoxy) is 1. The maximum absolute atomic E-state index is 14.9. The maximum atomic E-state index is 14.9. The molecule has 0 bridgehead atoms. The fourth-order valence-electron chi connectivity index (χ4n) is 4.65. The first-order valence-electron chi connectivity index (χ1n) is 10.8. The van der Waals surface area contributed by atoms with E-state index < -0.39 is 17.6 Å². The number of oxazole rings is 1. The Morgan fingerprint density at radius 3 is 2.85 bits per heavy atom. The number of nitrogens with one attached hydrogen (secondary N) is 2. The van der Waals surface area contributed by atoms with Crippen molar-refractivity contribution in [3.63, 3.8) is 0 Å². The van der Waals surface area contributed by atoms with E-state index in [0.717, 1.165) is 5.56 Å². The Morgan fingerprint density at radius 1 is 1.30 bits per heavy atom. The molecule has 0 aliphatic carbocycles. The molecule has 3 aromatic rings. The second kappa shape index (κ2) is 8.46. The van der Waals surface area contributed by atoms with Crippen molar-refractivity contribution < 1.29 is 18.3 Å². The number of hydrogen-bond acceptors (Lipinski definition) is 6. The van der Waals surface area contributed by atoms with Crippen molar-refractivity contribution >= 4 is 17.0 Å². The predicted molar refractivity (Wildman–Crippen MR) is 118 cm³/mol. The Bertz CT molecular complexity index is 1310. The van der Waals surface area contributed by atoms with Crippen LogP contribution in [0.15, 0.2) is 45.6 Å². The third kappa shape index (κ3) is 4.03. The summed E-state index contributed by atoms with van der Waals surface area (Å²) < 4.78 is 26.8. The normalized spacial score (nSPS) is 22.8. The van der Waals surface area contributed by atoms with Gasteiger partial charge in [-0.1, -0.05) is 18.2 Å². The summed E-state index contributed by atoms with van der Waals surface area (Å²) in [7, 11) is 1.61. The molecule has 0 radical (unpaired) electrons. The fourth-order valence-corrected chi connectivity index (χ4v) is 4.65. The molecule has 0 saturated carbocycles. The topological polar surface area (TPSA) is 109 Å². The highest BCUT2D eigenvalue weighted by Crippen LogP contribution is 2.27. The molecule has 0 unspecified atom stereocenters. The summed E-state index contributed by atoms with van der Waals surface area (Å²) in [6.07, 6.45) is 0.733. The second-order valence-electron chi connectivity index (χ2n) is 8.67. The van der Waals surface area contributed by atoms with Gasteiger partial charge < -0.3 is 19.8 Å². The molecule has 4 atom stereocenters. The Morgan fingerprint density at radius 2 is 2.09 bits per heavy atom. The standard InChI is InChI=1S/C24H23FN4O4/c1-29-21-9-14(4-5-22(21)33-24(29)31)13-2-3-15(18(25)7-13)6-17(10-26)27-23(30)19-8-16-11-32-12-20(16)28-19/h2-5,7,9,16-17,19-20,28H,6,8,11-12H2,1H3,(H,27,30)/t16-,17+,19+,20+/m1/s1. The van der Waals surface area contributed by atoms with Crippen LogP contribution in [0, 0.1) is 23.1 Å². The van der Waals surface area contributed by atoms with Crippen molar-refractivity contribution in [2.24, 2.45) is 13.0 Å². The van der Waals surface area contributed by atoms with Crippen LogP contribution < -0.4 is 16.4 Å². The van der Waals surface area contributed by atoms with Gasteiger partial charge in [-0.15, -0.1) is 0 Å². The van der Waals surface area contributed by atoms with Crippen LogP contribution in [0.5, 0.6) is 0 Å². The number of amides is 1. The summed E-state index contributed by atoms with van der Waals surface area (Å²) in [6, 6.07) is 11.0. The smallest absolute Gasteiger partial charge is 0.408 e. The van der Waals surface area contributed by atoms with Crippen molar-refractivity contribution in [2.45, 2.75) is 31.0 Å². The van der Waals surface area contributed by atoms with Crippen molar-refractivity contribution in [1.29, 1.82) is 5.26 Å². The lowest BCUT2D eigenvalue weighted by Gasteiger charge is -2.17. The first-order chi connectivity index (χ1) is 15.9. The van der Waals surface area contributed by atoms with Crippen LogP contribution in [-0.4, -0.2) is 41.8 Å². The van der Waals surface area contributed by atoms with E-state index in [1.165, 1.54) is 10.6 Å². The van der Waals surface area contributed by atoms with Crippen LogP contribution in [0.3, 0.4) is 0 Å². The third-order valence-corrected chi connectivity index (χ3v) is 6.54. The van der Waals surface area contributed by atoms with Crippen LogP contribution in [0.25, 0.3) is 22.2 Å². The number of carbonyl (C=O) groups excluding carboxylic acids is 1. The number of benzene rings is 2. The van der Waals surface area contributed by atoms with Crippen molar-refractivity contribution in [2.75, 3.05) is 13.2 Å². The monoisotopic (exact) mass is 450 g/mol. The fraction of sp³-hybridized carbons (Fsp3) is 0.375. The molecule has 2 aliphatic heterocycles. The minimum Gasteiger partial charge on any atom is -0.408 e. The van der Waals surface area contributed by atoms with Crippen LogP contribution in [0.2, 0.25) is 0 Å². The Balaban J connectivity index is 1.29. The highest BCUT2D eigenvalue weighted by molar-refractivity contribution is 5.83. The highest BCUT2D eigenvalue weighted by atomic mass is 19.1. The minimum absolute atomic E-state index is 0.0618. The van der Waals surface area contributed by atoms with Crippen LogP contribution in [0.4, 0.5) is 4.39 Å². The van der Waals surface area contributed by atoms with Gasteiger partial charge in [0.15, 0.2) is 5.58 Å².